The molecule has 0 aromatic heterocycles. The van der Waals surface area contributed by atoms with Crippen LogP contribution in [-0.2, 0) is 9.59 Å². The molecule has 4 heteroatoms. The first-order chi connectivity index (χ1) is 5.41. The van der Waals surface area contributed by atoms with E-state index in [1.807, 2.05) is 0 Å². The number of carboxylic acids is 2. The van der Waals surface area contributed by atoms with Crippen LogP contribution in [0, 0.1) is 0 Å². The second-order valence-electron chi connectivity index (χ2n) is 1.92. The standard InChI is InChI=1S/2C4H6O2/c1-3(2)4(5)6;1-2-3-4(5)6/h1H2,2H3,(H,5,6);2-3H,1H3,(H,5,6)/b;3-2-. The summed E-state index contributed by atoms with van der Waals surface area (Å²) in [6.45, 7) is 6.26. The van der Waals surface area contributed by atoms with Gasteiger partial charge in [-0.2, -0.15) is 0 Å². The molecule has 0 unspecified atom stereocenters. The van der Waals surface area contributed by atoms with Crippen LogP contribution in [-0.4, -0.2) is 22.2 Å². The minimum Gasteiger partial charge on any atom is -0.478 e. The molecule has 0 aliphatic rings. The first kappa shape index (κ1) is 13.0. The summed E-state index contributed by atoms with van der Waals surface area (Å²) < 4.78 is 0. The molecule has 0 spiro atoms. The van der Waals surface area contributed by atoms with E-state index in [2.05, 4.69) is 6.58 Å². The molecule has 4 nitrogen and oxygen atoms in total. The van der Waals surface area contributed by atoms with Crippen molar-refractivity contribution < 1.29 is 19.8 Å². The van der Waals surface area contributed by atoms with Gasteiger partial charge < -0.3 is 10.2 Å². The molecule has 0 aliphatic carbocycles. The topological polar surface area (TPSA) is 74.6 Å². The highest BCUT2D eigenvalue weighted by Crippen LogP contribution is 1.81. The molecule has 0 amide bonds. The summed E-state index contributed by atoms with van der Waals surface area (Å²) in [4.78, 5) is 19.1. The van der Waals surface area contributed by atoms with Crippen molar-refractivity contribution in [2.45, 2.75) is 13.8 Å². The van der Waals surface area contributed by atoms with E-state index in [0.717, 1.165) is 6.08 Å². The summed E-state index contributed by atoms with van der Waals surface area (Å²) in [5, 5.41) is 15.7. The molecule has 0 atom stereocenters. The number of carbonyl (C=O) groups is 2. The highest BCUT2D eigenvalue weighted by Gasteiger charge is 1.90. The van der Waals surface area contributed by atoms with Gasteiger partial charge >= 0.3 is 11.9 Å². The van der Waals surface area contributed by atoms with Crippen LogP contribution < -0.4 is 0 Å². The lowest BCUT2D eigenvalue weighted by Gasteiger charge is -1.79. The quantitative estimate of drug-likeness (QED) is 0.615. The number of hydrogen-bond donors (Lipinski definition) is 2. The smallest absolute Gasteiger partial charge is 0.330 e. The van der Waals surface area contributed by atoms with Gasteiger partial charge in [-0.3, -0.25) is 0 Å². The Labute approximate surface area is 70.8 Å². The van der Waals surface area contributed by atoms with Crippen molar-refractivity contribution in [3.05, 3.63) is 24.3 Å². The molecule has 0 saturated carbocycles. The Balaban J connectivity index is 0. The molecule has 2 N–H and O–H groups in total. The normalized spacial score (nSPS) is 8.50. The Morgan fingerprint density at radius 3 is 1.67 bits per heavy atom. The first-order valence-electron chi connectivity index (χ1n) is 3.16. The molecule has 68 valence electrons. The van der Waals surface area contributed by atoms with Gasteiger partial charge in [0.15, 0.2) is 0 Å². The van der Waals surface area contributed by atoms with E-state index in [0.29, 0.717) is 0 Å². The molecule has 0 aromatic rings. The van der Waals surface area contributed by atoms with Crippen LogP contribution in [0.5, 0.6) is 0 Å². The van der Waals surface area contributed by atoms with E-state index in [4.69, 9.17) is 10.2 Å². The molecule has 0 heterocycles. The van der Waals surface area contributed by atoms with Gasteiger partial charge in [0.2, 0.25) is 0 Å². The summed E-state index contributed by atoms with van der Waals surface area (Å²) in [7, 11) is 0. The van der Waals surface area contributed by atoms with Crippen molar-refractivity contribution in [1.82, 2.24) is 0 Å². The zero-order valence-electron chi connectivity index (χ0n) is 7.07. The van der Waals surface area contributed by atoms with Crippen molar-refractivity contribution in [2.24, 2.45) is 0 Å². The maximum Gasteiger partial charge on any atom is 0.330 e. The first-order valence-corrected chi connectivity index (χ1v) is 3.16. The van der Waals surface area contributed by atoms with Crippen LogP contribution in [0.3, 0.4) is 0 Å². The van der Waals surface area contributed by atoms with Crippen LogP contribution in [0.4, 0.5) is 0 Å². The average Bonchev–Trinajstić information content (AvgIpc) is 1.87. The van der Waals surface area contributed by atoms with E-state index in [1.165, 1.54) is 13.0 Å². The second kappa shape index (κ2) is 7.53. The van der Waals surface area contributed by atoms with Crippen molar-refractivity contribution in [3.63, 3.8) is 0 Å². The lowest BCUT2D eigenvalue weighted by atomic mass is 10.4. The van der Waals surface area contributed by atoms with Crippen molar-refractivity contribution in [1.29, 1.82) is 0 Å². The SMILES string of the molecule is C/C=C\C(=O)O.C=C(C)C(=O)O. The Hall–Kier alpha value is -1.58. The van der Waals surface area contributed by atoms with Gasteiger partial charge in [0.25, 0.3) is 0 Å². The zero-order chi connectivity index (χ0) is 10.1. The fourth-order valence-electron chi connectivity index (χ4n) is 0.143. The van der Waals surface area contributed by atoms with Crippen LogP contribution >= 0.6 is 0 Å². The summed E-state index contributed by atoms with van der Waals surface area (Å²) in [5.74, 6) is -1.83. The largest absolute Gasteiger partial charge is 0.478 e. The molecular formula is C8H12O4. The lowest BCUT2D eigenvalue weighted by Crippen LogP contribution is -1.92. The molecular weight excluding hydrogens is 160 g/mol. The zero-order valence-corrected chi connectivity index (χ0v) is 7.07. The predicted octanol–water partition coefficient (Wildman–Crippen LogP) is 1.29. The van der Waals surface area contributed by atoms with Gasteiger partial charge in [-0.25, -0.2) is 9.59 Å². The number of allylic oxidation sites excluding steroid dienone is 1. The highest BCUT2D eigenvalue weighted by atomic mass is 16.4. The summed E-state index contributed by atoms with van der Waals surface area (Å²) in [5.41, 5.74) is 0.176. The average molecular weight is 172 g/mol. The van der Waals surface area contributed by atoms with Gasteiger partial charge in [-0.05, 0) is 13.8 Å². The number of rotatable bonds is 2. The monoisotopic (exact) mass is 172 g/mol. The van der Waals surface area contributed by atoms with E-state index < -0.39 is 11.9 Å². The van der Waals surface area contributed by atoms with Gasteiger partial charge in [-0.15, -0.1) is 0 Å². The molecule has 0 saturated heterocycles. The highest BCUT2D eigenvalue weighted by molar-refractivity contribution is 5.84. The third-order valence-electron chi connectivity index (χ3n) is 0.674. The number of carboxylic acid groups (broad SMARTS) is 2. The van der Waals surface area contributed by atoms with E-state index in [1.54, 1.807) is 6.92 Å². The predicted molar refractivity (Wildman–Crippen MR) is 44.9 cm³/mol. The summed E-state index contributed by atoms with van der Waals surface area (Å²) >= 11 is 0. The Kier molecular flexibility index (Phi) is 8.18. The van der Waals surface area contributed by atoms with E-state index >= 15 is 0 Å². The molecule has 0 fully saturated rings. The fraction of sp³-hybridized carbons (Fsp3) is 0.250. The van der Waals surface area contributed by atoms with Crippen LogP contribution in [0.25, 0.3) is 0 Å². The Morgan fingerprint density at radius 1 is 1.33 bits per heavy atom. The maximum atomic E-state index is 9.60. The Bertz CT molecular complexity index is 191. The maximum absolute atomic E-state index is 9.60. The van der Waals surface area contributed by atoms with Crippen molar-refractivity contribution in [3.8, 4) is 0 Å². The van der Waals surface area contributed by atoms with Gasteiger partial charge in [0, 0.05) is 11.6 Å². The van der Waals surface area contributed by atoms with Crippen LogP contribution in [0.15, 0.2) is 24.3 Å². The molecule has 0 aromatic carbocycles. The Morgan fingerprint density at radius 2 is 1.67 bits per heavy atom. The third kappa shape index (κ3) is 15.8. The second-order valence-corrected chi connectivity index (χ2v) is 1.92. The lowest BCUT2D eigenvalue weighted by molar-refractivity contribution is -0.133. The van der Waals surface area contributed by atoms with E-state index in [9.17, 15) is 9.59 Å². The van der Waals surface area contributed by atoms with Crippen LogP contribution in [0.1, 0.15) is 13.8 Å². The third-order valence-corrected chi connectivity index (χ3v) is 0.674. The van der Waals surface area contributed by atoms with E-state index in [-0.39, 0.29) is 5.57 Å². The fourth-order valence-corrected chi connectivity index (χ4v) is 0.143. The molecule has 0 radical (unpaired) electrons. The number of hydrogen-bond acceptors (Lipinski definition) is 2. The molecule has 0 aliphatic heterocycles. The van der Waals surface area contributed by atoms with Crippen molar-refractivity contribution in [2.75, 3.05) is 0 Å². The van der Waals surface area contributed by atoms with Gasteiger partial charge in [-0.1, -0.05) is 12.7 Å². The van der Waals surface area contributed by atoms with Crippen LogP contribution in [0.2, 0.25) is 0 Å². The minimum atomic E-state index is -0.935. The number of aliphatic carboxylic acids is 2. The molecule has 0 rings (SSSR count). The molecule has 0 bridgehead atoms. The molecule has 12 heavy (non-hydrogen) atoms. The van der Waals surface area contributed by atoms with Gasteiger partial charge in [0.1, 0.15) is 0 Å². The minimum absolute atomic E-state index is 0.176. The van der Waals surface area contributed by atoms with Crippen molar-refractivity contribution >= 4 is 11.9 Å². The summed E-state index contributed by atoms with van der Waals surface area (Å²) in [6, 6.07) is 0. The van der Waals surface area contributed by atoms with Gasteiger partial charge in [0.05, 0.1) is 0 Å². The summed E-state index contributed by atoms with van der Waals surface area (Å²) in [6.07, 6.45) is 2.56.